The van der Waals surface area contributed by atoms with Gasteiger partial charge in [-0.1, -0.05) is 126 Å². The molecule has 8 rings (SSSR count). The monoisotopic (exact) mass is 1140 g/mol. The molecule has 0 aromatic heterocycles. The van der Waals surface area contributed by atoms with Gasteiger partial charge in [0, 0.05) is 63.4 Å². The van der Waals surface area contributed by atoms with E-state index in [-0.39, 0.29) is 68.0 Å². The number of rotatable bonds is 19. The van der Waals surface area contributed by atoms with Crippen LogP contribution in [0.25, 0.3) is 0 Å². The van der Waals surface area contributed by atoms with Crippen molar-refractivity contribution in [1.82, 2.24) is 16.0 Å². The third kappa shape index (κ3) is 19.5. The summed E-state index contributed by atoms with van der Waals surface area (Å²) in [5.41, 5.74) is 14.5. The molecule has 0 spiro atoms. The van der Waals surface area contributed by atoms with Crippen molar-refractivity contribution in [2.45, 2.75) is 137 Å². The Morgan fingerprint density at radius 2 is 0.952 bits per heavy atom. The molecule has 6 aromatic carbocycles. The number of hydrogen-bond donors (Lipinski definition) is 6. The van der Waals surface area contributed by atoms with Crippen LogP contribution in [0.1, 0.15) is 118 Å². The van der Waals surface area contributed by atoms with Crippen LogP contribution in [0.2, 0.25) is 0 Å². The lowest BCUT2D eigenvalue weighted by Crippen LogP contribution is -2.49. The lowest BCUT2D eigenvalue weighted by Gasteiger charge is -2.36. The summed E-state index contributed by atoms with van der Waals surface area (Å²) in [7, 11) is 0. The van der Waals surface area contributed by atoms with Crippen LogP contribution < -0.4 is 31.5 Å². The van der Waals surface area contributed by atoms with E-state index in [1.165, 1.54) is 31.2 Å². The SMILES string of the molecule is CC(=O)N[C@@H](Cc1cc(F)cc(F)c1)[C@H](O)CNC1CCN(C(=O)OCc2ccccc2)c2ccc(CC(C)(C)C)cc21.CC(C)(C)Cc1ccc2c(c1)C(NC[C@@H](O)[C@@H](N)Cc1cc(F)cc(F)c1)CCN2C(=O)OCc1ccccc1. The summed E-state index contributed by atoms with van der Waals surface area (Å²) in [5, 5.41) is 31.4. The molecule has 0 aliphatic carbocycles. The minimum Gasteiger partial charge on any atom is -0.444 e. The molecule has 17 heteroatoms. The topological polar surface area (TPSA) is 179 Å². The summed E-state index contributed by atoms with van der Waals surface area (Å²) < 4.78 is 66.0. The van der Waals surface area contributed by atoms with Crippen molar-refractivity contribution in [2.24, 2.45) is 16.6 Å². The fourth-order valence-electron chi connectivity index (χ4n) is 10.7. The van der Waals surface area contributed by atoms with E-state index in [2.05, 4.69) is 69.6 Å². The second kappa shape index (κ2) is 28.9. The van der Waals surface area contributed by atoms with E-state index in [0.29, 0.717) is 37.1 Å². The first-order valence-corrected chi connectivity index (χ1v) is 28.3. The average molecular weight is 1150 g/mol. The largest absolute Gasteiger partial charge is 0.444 e. The van der Waals surface area contributed by atoms with Gasteiger partial charge in [-0.2, -0.15) is 0 Å². The van der Waals surface area contributed by atoms with E-state index < -0.39 is 59.7 Å². The highest BCUT2D eigenvalue weighted by atomic mass is 19.1. The maximum absolute atomic E-state index is 13.8. The number of amides is 3. The molecular weight excluding hydrogens is 1060 g/mol. The Morgan fingerprint density at radius 1 is 0.554 bits per heavy atom. The van der Waals surface area contributed by atoms with Gasteiger partial charge in [0.1, 0.15) is 36.5 Å². The molecule has 6 atom stereocenters. The molecular formula is C66H80F4N6O7. The standard InChI is InChI=1S/C34H41F2N3O4.C32H39F2N3O3/c1-22(40)38-30(17-25-14-26(35)18-27(36)15-25)32(41)20-37-29-12-13-39(33(42)43-21-23-8-6-5-7-9-23)31-11-10-24(16-28(29)31)19-34(2,3)4;1-32(2,3)18-22-9-10-29-26(15-22)28(11-12-37(29)31(39)40-20-21-7-5-4-6-8-21)36-19-30(38)27(35)16-23-13-24(33)17-25(34)14-23/h5-11,14-16,18,29-30,32,37,41H,12-13,17,19-21H2,1-4H3,(H,38,40);4-10,13-15,17,27-28,30,36,38H,11-12,16,18-20,35H2,1-3H3/t29?,30-,32+;27-,28?,30+/m00/s1. The number of nitrogens with zero attached hydrogens (tertiary/aromatic N) is 2. The number of anilines is 2. The van der Waals surface area contributed by atoms with Gasteiger partial charge in [0.2, 0.25) is 5.91 Å². The molecule has 0 bridgehead atoms. The molecule has 83 heavy (non-hydrogen) atoms. The van der Waals surface area contributed by atoms with Gasteiger partial charge in [-0.15, -0.1) is 0 Å². The van der Waals surface area contributed by atoms with E-state index in [0.717, 1.165) is 69.7 Å². The second-order valence-corrected chi connectivity index (χ2v) is 24.2. The zero-order valence-corrected chi connectivity index (χ0v) is 48.6. The summed E-state index contributed by atoms with van der Waals surface area (Å²) in [4.78, 5) is 41.5. The van der Waals surface area contributed by atoms with Crippen molar-refractivity contribution >= 4 is 29.5 Å². The zero-order chi connectivity index (χ0) is 60.0. The third-order valence-electron chi connectivity index (χ3n) is 14.4. The van der Waals surface area contributed by atoms with E-state index in [1.807, 2.05) is 84.9 Å². The van der Waals surface area contributed by atoms with Crippen molar-refractivity contribution in [3.8, 4) is 0 Å². The van der Waals surface area contributed by atoms with Gasteiger partial charge in [0.15, 0.2) is 0 Å². The molecule has 0 radical (unpaired) electrons. The Balaban J connectivity index is 0.000000239. The number of carbonyl (C=O) groups excluding carboxylic acids is 3. The summed E-state index contributed by atoms with van der Waals surface area (Å²) in [6.45, 7) is 15.9. The lowest BCUT2D eigenvalue weighted by atomic mass is 9.85. The van der Waals surface area contributed by atoms with Crippen LogP contribution in [0.15, 0.2) is 133 Å². The number of halogens is 4. The molecule has 3 amide bonds. The Kier molecular flexibility index (Phi) is 22.1. The summed E-state index contributed by atoms with van der Waals surface area (Å²) in [6, 6.07) is 35.9. The number of benzene rings is 6. The first kappa shape index (κ1) is 63.4. The van der Waals surface area contributed by atoms with Crippen LogP contribution in [-0.2, 0) is 53.2 Å². The first-order chi connectivity index (χ1) is 39.4. The molecule has 2 unspecified atom stereocenters. The molecule has 0 saturated carbocycles. The maximum atomic E-state index is 13.8. The van der Waals surface area contributed by atoms with Crippen LogP contribution in [0.4, 0.5) is 38.5 Å². The van der Waals surface area contributed by atoms with Crippen LogP contribution in [0, 0.1) is 34.1 Å². The smallest absolute Gasteiger partial charge is 0.414 e. The van der Waals surface area contributed by atoms with Crippen molar-refractivity contribution in [3.63, 3.8) is 0 Å². The molecule has 2 aliphatic rings. The van der Waals surface area contributed by atoms with E-state index in [9.17, 15) is 42.2 Å². The summed E-state index contributed by atoms with van der Waals surface area (Å²) in [5.74, 6) is -3.15. The van der Waals surface area contributed by atoms with Gasteiger partial charge >= 0.3 is 12.2 Å². The molecule has 2 aliphatic heterocycles. The number of aliphatic hydroxyl groups is 2. The van der Waals surface area contributed by atoms with Crippen LogP contribution >= 0.6 is 0 Å². The van der Waals surface area contributed by atoms with Gasteiger partial charge < -0.3 is 41.4 Å². The Hall–Kier alpha value is -7.15. The summed E-state index contributed by atoms with van der Waals surface area (Å²) in [6.07, 6.45) is 0.238. The van der Waals surface area contributed by atoms with Gasteiger partial charge in [-0.05, 0) is 130 Å². The van der Waals surface area contributed by atoms with Gasteiger partial charge in [0.05, 0.1) is 29.6 Å². The first-order valence-electron chi connectivity index (χ1n) is 28.3. The number of fused-ring (bicyclic) bond motifs is 2. The quantitative estimate of drug-likeness (QED) is 0.0428. The zero-order valence-electron chi connectivity index (χ0n) is 48.6. The highest BCUT2D eigenvalue weighted by Gasteiger charge is 2.34. The van der Waals surface area contributed by atoms with E-state index in [4.69, 9.17) is 15.2 Å². The van der Waals surface area contributed by atoms with E-state index in [1.54, 1.807) is 9.80 Å². The number of carbonyl (C=O) groups is 3. The fourth-order valence-corrected chi connectivity index (χ4v) is 10.7. The molecule has 444 valence electrons. The number of nitrogens with one attached hydrogen (secondary N) is 3. The van der Waals surface area contributed by atoms with Crippen molar-refractivity contribution in [2.75, 3.05) is 36.0 Å². The van der Waals surface area contributed by atoms with Crippen molar-refractivity contribution in [1.29, 1.82) is 0 Å². The van der Waals surface area contributed by atoms with Gasteiger partial charge in [0.25, 0.3) is 0 Å². The molecule has 0 fully saturated rings. The number of aliphatic hydroxyl groups excluding tert-OH is 2. The lowest BCUT2D eigenvalue weighted by molar-refractivity contribution is -0.120. The summed E-state index contributed by atoms with van der Waals surface area (Å²) >= 11 is 0. The number of ether oxygens (including phenoxy) is 2. The fraction of sp³-hybridized carbons (Fsp3) is 0.409. The third-order valence-corrected chi connectivity index (χ3v) is 14.4. The predicted octanol–water partition coefficient (Wildman–Crippen LogP) is 11.5. The minimum absolute atomic E-state index is 0.0507. The molecule has 2 heterocycles. The number of nitrogens with two attached hydrogens (primary N) is 1. The number of hydrogen-bond acceptors (Lipinski definition) is 10. The molecule has 7 N–H and O–H groups in total. The average Bonchev–Trinajstić information content (AvgIpc) is 3.61. The highest BCUT2D eigenvalue weighted by Crippen LogP contribution is 2.38. The Morgan fingerprint density at radius 3 is 1.35 bits per heavy atom. The normalized spacial score (nSPS) is 16.5. The Labute approximate surface area is 485 Å². The van der Waals surface area contributed by atoms with Crippen molar-refractivity contribution < 1.29 is 51.6 Å². The second-order valence-electron chi connectivity index (χ2n) is 24.2. The van der Waals surface area contributed by atoms with Crippen molar-refractivity contribution in [3.05, 3.63) is 201 Å². The minimum atomic E-state index is -1.05. The maximum Gasteiger partial charge on any atom is 0.414 e. The highest BCUT2D eigenvalue weighted by molar-refractivity contribution is 5.90. The molecule has 0 saturated heterocycles. The predicted molar refractivity (Wildman–Crippen MR) is 316 cm³/mol. The Bertz CT molecular complexity index is 3080. The molecule has 6 aromatic rings. The van der Waals surface area contributed by atoms with Crippen LogP contribution in [0.5, 0.6) is 0 Å². The molecule has 13 nitrogen and oxygen atoms in total. The van der Waals surface area contributed by atoms with E-state index >= 15 is 0 Å². The van der Waals surface area contributed by atoms with Gasteiger partial charge in [-0.3, -0.25) is 14.6 Å². The van der Waals surface area contributed by atoms with Crippen LogP contribution in [-0.4, -0.2) is 78.8 Å². The van der Waals surface area contributed by atoms with Crippen LogP contribution in [0.3, 0.4) is 0 Å². The van der Waals surface area contributed by atoms with Gasteiger partial charge in [-0.25, -0.2) is 27.2 Å².